The van der Waals surface area contributed by atoms with Crippen LogP contribution in [0, 0.1) is 5.92 Å². The predicted molar refractivity (Wildman–Crippen MR) is 86.7 cm³/mol. The lowest BCUT2D eigenvalue weighted by molar-refractivity contribution is 0.112. The fraction of sp³-hybridized carbons (Fsp3) is 0.611. The molecule has 2 atom stereocenters. The van der Waals surface area contributed by atoms with Crippen molar-refractivity contribution >= 4 is 6.03 Å². The molecule has 4 nitrogen and oxygen atoms in total. The van der Waals surface area contributed by atoms with Gasteiger partial charge in [0, 0.05) is 13.6 Å². The monoisotopic (exact) mass is 302 g/mol. The van der Waals surface area contributed by atoms with E-state index < -0.39 is 0 Å². The normalized spacial score (nSPS) is 23.7. The average molecular weight is 302 g/mol. The molecule has 4 heteroatoms. The number of urea groups is 1. The molecule has 0 aliphatic heterocycles. The van der Waals surface area contributed by atoms with Crippen LogP contribution in [0.15, 0.2) is 24.3 Å². The standard InChI is InChI=1S/C18H26N2O2/c1-18(2)10-15(13-6-4-5-7-14(13)18)19-17(22)20(3)11-16(21)12-8-9-12/h4-7,12,15-16,21H,8-11H2,1-3H3,(H,19,22). The Kier molecular flexibility index (Phi) is 3.89. The third kappa shape index (κ3) is 2.98. The summed E-state index contributed by atoms with van der Waals surface area (Å²) in [6, 6.07) is 8.30. The van der Waals surface area contributed by atoms with Gasteiger partial charge in [-0.1, -0.05) is 38.1 Å². The van der Waals surface area contributed by atoms with Gasteiger partial charge in [-0.2, -0.15) is 0 Å². The number of hydrogen-bond acceptors (Lipinski definition) is 2. The van der Waals surface area contributed by atoms with Crippen molar-refractivity contribution < 1.29 is 9.90 Å². The molecule has 3 rings (SSSR count). The molecule has 1 aromatic rings. The van der Waals surface area contributed by atoms with Gasteiger partial charge in [-0.15, -0.1) is 0 Å². The Bertz CT molecular complexity index is 566. The summed E-state index contributed by atoms with van der Waals surface area (Å²) in [5.74, 6) is 0.390. The zero-order chi connectivity index (χ0) is 15.9. The Balaban J connectivity index is 1.64. The van der Waals surface area contributed by atoms with Crippen molar-refractivity contribution in [2.75, 3.05) is 13.6 Å². The molecular weight excluding hydrogens is 276 g/mol. The third-order valence-electron chi connectivity index (χ3n) is 5.05. The zero-order valence-corrected chi connectivity index (χ0v) is 13.7. The maximum Gasteiger partial charge on any atom is 0.317 e. The van der Waals surface area contributed by atoms with Gasteiger partial charge in [-0.25, -0.2) is 4.79 Å². The van der Waals surface area contributed by atoms with Gasteiger partial charge in [-0.05, 0) is 41.7 Å². The lowest BCUT2D eigenvalue weighted by atomic mass is 9.86. The lowest BCUT2D eigenvalue weighted by Crippen LogP contribution is -2.43. The van der Waals surface area contributed by atoms with Crippen molar-refractivity contribution in [3.63, 3.8) is 0 Å². The van der Waals surface area contributed by atoms with Gasteiger partial charge in [0.05, 0.1) is 12.1 Å². The first-order valence-electron chi connectivity index (χ1n) is 8.17. The van der Waals surface area contributed by atoms with Crippen molar-refractivity contribution in [1.82, 2.24) is 10.2 Å². The Labute approximate surface area is 132 Å². The van der Waals surface area contributed by atoms with Crippen molar-refractivity contribution in [2.24, 2.45) is 5.92 Å². The summed E-state index contributed by atoms with van der Waals surface area (Å²) in [5.41, 5.74) is 2.62. The number of benzene rings is 1. The van der Waals surface area contributed by atoms with E-state index in [0.717, 1.165) is 19.3 Å². The summed E-state index contributed by atoms with van der Waals surface area (Å²) in [6.07, 6.45) is 2.70. The number of aliphatic hydroxyl groups excluding tert-OH is 1. The molecule has 22 heavy (non-hydrogen) atoms. The van der Waals surface area contributed by atoms with Gasteiger partial charge in [0.1, 0.15) is 0 Å². The number of likely N-dealkylation sites (N-methyl/N-ethyl adjacent to an activating group) is 1. The molecule has 2 unspecified atom stereocenters. The second-order valence-electron chi connectivity index (χ2n) is 7.46. The maximum absolute atomic E-state index is 12.4. The highest BCUT2D eigenvalue weighted by Crippen LogP contribution is 2.44. The smallest absolute Gasteiger partial charge is 0.317 e. The minimum Gasteiger partial charge on any atom is -0.391 e. The van der Waals surface area contributed by atoms with E-state index in [9.17, 15) is 9.90 Å². The van der Waals surface area contributed by atoms with E-state index in [0.29, 0.717) is 12.5 Å². The second-order valence-corrected chi connectivity index (χ2v) is 7.46. The molecule has 0 saturated heterocycles. The number of fused-ring (bicyclic) bond motifs is 1. The van der Waals surface area contributed by atoms with E-state index in [4.69, 9.17) is 0 Å². The van der Waals surface area contributed by atoms with Crippen LogP contribution in [0.25, 0.3) is 0 Å². The predicted octanol–water partition coefficient (Wildman–Crippen LogP) is 2.82. The van der Waals surface area contributed by atoms with Crippen LogP contribution in [0.5, 0.6) is 0 Å². The van der Waals surface area contributed by atoms with Gasteiger partial charge in [0.15, 0.2) is 0 Å². The Morgan fingerprint density at radius 3 is 2.77 bits per heavy atom. The number of rotatable bonds is 4. The number of carbonyl (C=O) groups is 1. The van der Waals surface area contributed by atoms with E-state index in [1.807, 2.05) is 6.07 Å². The quantitative estimate of drug-likeness (QED) is 0.898. The van der Waals surface area contributed by atoms with E-state index in [-0.39, 0.29) is 23.6 Å². The van der Waals surface area contributed by atoms with Crippen molar-refractivity contribution in [3.8, 4) is 0 Å². The molecule has 0 bridgehead atoms. The van der Waals surface area contributed by atoms with Crippen LogP contribution >= 0.6 is 0 Å². The van der Waals surface area contributed by atoms with Gasteiger partial charge in [0.25, 0.3) is 0 Å². The highest BCUT2D eigenvalue weighted by molar-refractivity contribution is 5.74. The summed E-state index contributed by atoms with van der Waals surface area (Å²) in [4.78, 5) is 14.0. The molecule has 0 heterocycles. The van der Waals surface area contributed by atoms with Crippen LogP contribution in [0.1, 0.15) is 50.3 Å². The summed E-state index contributed by atoms with van der Waals surface area (Å²) in [7, 11) is 1.76. The molecule has 2 N–H and O–H groups in total. The van der Waals surface area contributed by atoms with Crippen LogP contribution in [0.2, 0.25) is 0 Å². The summed E-state index contributed by atoms with van der Waals surface area (Å²) in [5, 5.41) is 13.1. The Hall–Kier alpha value is -1.55. The Morgan fingerprint density at radius 1 is 1.41 bits per heavy atom. The largest absolute Gasteiger partial charge is 0.391 e. The highest BCUT2D eigenvalue weighted by atomic mass is 16.3. The second kappa shape index (κ2) is 5.58. The molecule has 2 aliphatic rings. The number of aliphatic hydroxyl groups is 1. The van der Waals surface area contributed by atoms with Gasteiger partial charge in [-0.3, -0.25) is 0 Å². The fourth-order valence-electron chi connectivity index (χ4n) is 3.53. The first kappa shape index (κ1) is 15.3. The molecule has 120 valence electrons. The van der Waals surface area contributed by atoms with Crippen LogP contribution < -0.4 is 5.32 Å². The SMILES string of the molecule is CN(CC(O)C1CC1)C(=O)NC1CC(C)(C)c2ccccc21. The minimum absolute atomic E-state index is 0.0548. The zero-order valence-electron chi connectivity index (χ0n) is 13.7. The number of carbonyl (C=O) groups excluding carboxylic acids is 1. The molecule has 1 saturated carbocycles. The molecule has 0 spiro atoms. The van der Waals surface area contributed by atoms with Crippen LogP contribution in [0.4, 0.5) is 4.79 Å². The molecular formula is C18H26N2O2. The number of nitrogens with zero attached hydrogens (tertiary/aromatic N) is 1. The fourth-order valence-corrected chi connectivity index (χ4v) is 3.53. The number of amides is 2. The molecule has 2 aliphatic carbocycles. The molecule has 0 radical (unpaired) electrons. The van der Waals surface area contributed by atoms with Crippen molar-refractivity contribution in [1.29, 1.82) is 0 Å². The molecule has 1 fully saturated rings. The summed E-state index contributed by atoms with van der Waals surface area (Å²) in [6.45, 7) is 4.85. The van der Waals surface area contributed by atoms with Gasteiger partial charge >= 0.3 is 6.03 Å². The van der Waals surface area contributed by atoms with E-state index in [2.05, 4.69) is 37.4 Å². The molecule has 0 aromatic heterocycles. The number of hydrogen-bond donors (Lipinski definition) is 2. The van der Waals surface area contributed by atoms with Crippen molar-refractivity contribution in [2.45, 2.75) is 50.7 Å². The van der Waals surface area contributed by atoms with Crippen molar-refractivity contribution in [3.05, 3.63) is 35.4 Å². The van der Waals surface area contributed by atoms with E-state index in [1.54, 1.807) is 11.9 Å². The lowest BCUT2D eigenvalue weighted by Gasteiger charge is -2.24. The van der Waals surface area contributed by atoms with E-state index in [1.165, 1.54) is 11.1 Å². The van der Waals surface area contributed by atoms with Gasteiger partial charge in [0.2, 0.25) is 0 Å². The molecule has 2 amide bonds. The topological polar surface area (TPSA) is 52.6 Å². The maximum atomic E-state index is 12.4. The van der Waals surface area contributed by atoms with E-state index >= 15 is 0 Å². The first-order chi connectivity index (χ1) is 10.4. The van der Waals surface area contributed by atoms with Crippen LogP contribution in [-0.2, 0) is 5.41 Å². The van der Waals surface area contributed by atoms with Gasteiger partial charge < -0.3 is 15.3 Å². The molecule has 1 aromatic carbocycles. The van der Waals surface area contributed by atoms with Crippen LogP contribution in [0.3, 0.4) is 0 Å². The number of nitrogens with one attached hydrogen (secondary N) is 1. The minimum atomic E-state index is -0.386. The van der Waals surface area contributed by atoms with Crippen LogP contribution in [-0.4, -0.2) is 35.7 Å². The third-order valence-corrected chi connectivity index (χ3v) is 5.05. The summed E-state index contributed by atoms with van der Waals surface area (Å²) < 4.78 is 0. The highest BCUT2D eigenvalue weighted by Gasteiger charge is 2.38. The summed E-state index contributed by atoms with van der Waals surface area (Å²) >= 11 is 0. The average Bonchev–Trinajstić information content (AvgIpc) is 3.27. The Morgan fingerprint density at radius 2 is 2.09 bits per heavy atom. The first-order valence-corrected chi connectivity index (χ1v) is 8.17.